The molecule has 0 saturated heterocycles. The predicted octanol–water partition coefficient (Wildman–Crippen LogP) is 3.61. The van der Waals surface area contributed by atoms with Gasteiger partial charge in [0, 0.05) is 11.6 Å². The van der Waals surface area contributed by atoms with E-state index in [1.54, 1.807) is 24.3 Å². The third kappa shape index (κ3) is 4.73. The molecule has 0 unspecified atom stereocenters. The van der Waals surface area contributed by atoms with Crippen molar-refractivity contribution in [2.45, 2.75) is 12.7 Å². The number of nitrogens with one attached hydrogen (secondary N) is 2. The molecular weight excluding hydrogens is 345 g/mol. The minimum Gasteiger partial charge on any atom is -0.344 e. The Morgan fingerprint density at radius 2 is 1.58 bits per heavy atom. The molecule has 2 aromatic carbocycles. The van der Waals surface area contributed by atoms with Crippen molar-refractivity contribution >= 4 is 29.1 Å². The Morgan fingerprint density at radius 1 is 0.958 bits per heavy atom. The Hall–Kier alpha value is -2.54. The number of rotatable bonds is 3. The van der Waals surface area contributed by atoms with E-state index >= 15 is 0 Å². The second-order valence-electron chi connectivity index (χ2n) is 4.81. The van der Waals surface area contributed by atoms with Gasteiger partial charge in [-0.25, -0.2) is 0 Å². The zero-order valence-electron chi connectivity index (χ0n) is 12.2. The first-order valence-corrected chi connectivity index (χ1v) is 7.15. The van der Waals surface area contributed by atoms with Crippen molar-refractivity contribution < 1.29 is 22.8 Å². The van der Waals surface area contributed by atoms with E-state index in [-0.39, 0.29) is 6.54 Å². The Kier molecular flexibility index (Phi) is 5.46. The number of carbonyl (C=O) groups is 2. The van der Waals surface area contributed by atoms with Crippen molar-refractivity contribution in [3.05, 3.63) is 64.7 Å². The fourth-order valence-corrected chi connectivity index (χ4v) is 2.01. The number of carbonyl (C=O) groups excluding carboxylic acids is 2. The molecule has 0 aliphatic rings. The highest BCUT2D eigenvalue weighted by molar-refractivity contribution is 6.39. The molecule has 0 radical (unpaired) electrons. The topological polar surface area (TPSA) is 58.2 Å². The number of para-hydroxylation sites is 1. The van der Waals surface area contributed by atoms with Crippen LogP contribution >= 0.6 is 11.6 Å². The molecule has 0 aliphatic carbocycles. The molecule has 2 rings (SSSR count). The van der Waals surface area contributed by atoms with Crippen molar-refractivity contribution in [1.29, 1.82) is 0 Å². The molecule has 0 bridgehead atoms. The summed E-state index contributed by atoms with van der Waals surface area (Å²) in [6, 6.07) is 11.0. The molecule has 0 heterocycles. The van der Waals surface area contributed by atoms with Crippen molar-refractivity contribution in [3.63, 3.8) is 0 Å². The van der Waals surface area contributed by atoms with Gasteiger partial charge >= 0.3 is 18.0 Å². The van der Waals surface area contributed by atoms with E-state index in [9.17, 15) is 22.8 Å². The Morgan fingerprint density at radius 3 is 2.21 bits per heavy atom. The van der Waals surface area contributed by atoms with Gasteiger partial charge in [0.25, 0.3) is 0 Å². The van der Waals surface area contributed by atoms with E-state index in [2.05, 4.69) is 5.32 Å². The molecule has 0 spiro atoms. The Labute approximate surface area is 140 Å². The van der Waals surface area contributed by atoms with Crippen molar-refractivity contribution in [2.75, 3.05) is 5.32 Å². The summed E-state index contributed by atoms with van der Waals surface area (Å²) in [5, 5.41) is 4.81. The first kappa shape index (κ1) is 17.8. The number of alkyl halides is 3. The minimum atomic E-state index is -4.64. The third-order valence-electron chi connectivity index (χ3n) is 3.05. The summed E-state index contributed by atoms with van der Waals surface area (Å²) in [5.74, 6) is -2.22. The minimum absolute atomic E-state index is 0.0460. The largest absolute Gasteiger partial charge is 0.418 e. The van der Waals surface area contributed by atoms with Crippen LogP contribution in [0.1, 0.15) is 11.1 Å². The lowest BCUT2D eigenvalue weighted by Crippen LogP contribution is -2.35. The van der Waals surface area contributed by atoms with Gasteiger partial charge in [-0.15, -0.1) is 0 Å². The molecule has 0 saturated carbocycles. The van der Waals surface area contributed by atoms with Gasteiger partial charge in [-0.05, 0) is 29.8 Å². The molecule has 2 amide bonds. The molecular formula is C16H12ClF3N2O2. The Bertz CT molecular complexity index is 746. The number of hydrogen-bond donors (Lipinski definition) is 2. The van der Waals surface area contributed by atoms with Crippen LogP contribution in [0.5, 0.6) is 0 Å². The zero-order chi connectivity index (χ0) is 17.7. The molecule has 8 heteroatoms. The molecule has 0 fully saturated rings. The maximum absolute atomic E-state index is 12.8. The summed E-state index contributed by atoms with van der Waals surface area (Å²) in [6.45, 7) is 0.0460. The highest BCUT2D eigenvalue weighted by Crippen LogP contribution is 2.34. The molecule has 24 heavy (non-hydrogen) atoms. The van der Waals surface area contributed by atoms with Gasteiger partial charge in [0.05, 0.1) is 11.3 Å². The molecule has 2 aromatic rings. The summed E-state index contributed by atoms with van der Waals surface area (Å²) in [4.78, 5) is 23.5. The van der Waals surface area contributed by atoms with Gasteiger partial charge in [-0.1, -0.05) is 35.9 Å². The summed E-state index contributed by atoms with van der Waals surface area (Å²) in [5.41, 5.74) is -0.809. The number of anilines is 1. The van der Waals surface area contributed by atoms with Crippen LogP contribution in [-0.2, 0) is 22.3 Å². The fourth-order valence-electron chi connectivity index (χ4n) is 1.88. The zero-order valence-corrected chi connectivity index (χ0v) is 12.9. The molecule has 0 atom stereocenters. The number of hydrogen-bond acceptors (Lipinski definition) is 2. The van der Waals surface area contributed by atoms with Crippen LogP contribution in [0.4, 0.5) is 18.9 Å². The highest BCUT2D eigenvalue weighted by Gasteiger charge is 2.33. The second-order valence-corrected chi connectivity index (χ2v) is 5.24. The van der Waals surface area contributed by atoms with Gasteiger partial charge in [0.15, 0.2) is 0 Å². The van der Waals surface area contributed by atoms with Gasteiger partial charge in [0.2, 0.25) is 0 Å². The third-order valence-corrected chi connectivity index (χ3v) is 3.31. The quantitative estimate of drug-likeness (QED) is 0.825. The second kappa shape index (κ2) is 7.35. The lowest BCUT2D eigenvalue weighted by atomic mass is 10.1. The van der Waals surface area contributed by atoms with E-state index in [1.807, 2.05) is 5.32 Å². The van der Waals surface area contributed by atoms with Crippen LogP contribution in [0.15, 0.2) is 48.5 Å². The van der Waals surface area contributed by atoms with Gasteiger partial charge in [-0.3, -0.25) is 9.59 Å². The normalized spacial score (nSPS) is 11.0. The average Bonchev–Trinajstić information content (AvgIpc) is 2.53. The Balaban J connectivity index is 2.00. The van der Waals surface area contributed by atoms with Crippen molar-refractivity contribution in [3.8, 4) is 0 Å². The van der Waals surface area contributed by atoms with Crippen LogP contribution in [-0.4, -0.2) is 11.8 Å². The van der Waals surface area contributed by atoms with Gasteiger partial charge in [0.1, 0.15) is 0 Å². The molecule has 4 nitrogen and oxygen atoms in total. The van der Waals surface area contributed by atoms with E-state index in [0.717, 1.165) is 12.1 Å². The van der Waals surface area contributed by atoms with Crippen LogP contribution in [0, 0.1) is 0 Å². The molecule has 0 aliphatic heterocycles. The van der Waals surface area contributed by atoms with E-state index < -0.39 is 29.2 Å². The van der Waals surface area contributed by atoms with Gasteiger partial charge < -0.3 is 10.6 Å². The van der Waals surface area contributed by atoms with Crippen LogP contribution in [0.2, 0.25) is 5.02 Å². The average molecular weight is 357 g/mol. The van der Waals surface area contributed by atoms with E-state index in [1.165, 1.54) is 12.1 Å². The van der Waals surface area contributed by atoms with Crippen LogP contribution in [0.25, 0.3) is 0 Å². The summed E-state index contributed by atoms with van der Waals surface area (Å²) in [7, 11) is 0. The molecule has 2 N–H and O–H groups in total. The van der Waals surface area contributed by atoms with E-state index in [0.29, 0.717) is 10.6 Å². The summed E-state index contributed by atoms with van der Waals surface area (Å²) >= 11 is 5.72. The van der Waals surface area contributed by atoms with Crippen molar-refractivity contribution in [1.82, 2.24) is 5.32 Å². The summed E-state index contributed by atoms with van der Waals surface area (Å²) < 4.78 is 38.5. The monoisotopic (exact) mass is 356 g/mol. The summed E-state index contributed by atoms with van der Waals surface area (Å²) in [6.07, 6.45) is -4.64. The van der Waals surface area contributed by atoms with Crippen molar-refractivity contribution in [2.24, 2.45) is 0 Å². The SMILES string of the molecule is O=C(NCc1ccc(Cl)cc1)C(=O)Nc1ccccc1C(F)(F)F. The molecule has 126 valence electrons. The highest BCUT2D eigenvalue weighted by atomic mass is 35.5. The van der Waals surface area contributed by atoms with Crippen LogP contribution < -0.4 is 10.6 Å². The number of benzene rings is 2. The first-order valence-electron chi connectivity index (χ1n) is 6.77. The smallest absolute Gasteiger partial charge is 0.344 e. The lowest BCUT2D eigenvalue weighted by Gasteiger charge is -2.13. The number of amides is 2. The van der Waals surface area contributed by atoms with Gasteiger partial charge in [-0.2, -0.15) is 13.2 Å². The predicted molar refractivity (Wildman–Crippen MR) is 83.4 cm³/mol. The maximum atomic E-state index is 12.8. The maximum Gasteiger partial charge on any atom is 0.418 e. The fraction of sp³-hybridized carbons (Fsp3) is 0.125. The first-order chi connectivity index (χ1) is 11.3. The van der Waals surface area contributed by atoms with E-state index in [4.69, 9.17) is 11.6 Å². The van der Waals surface area contributed by atoms with Crippen LogP contribution in [0.3, 0.4) is 0 Å². The lowest BCUT2D eigenvalue weighted by molar-refractivity contribution is -0.138. The molecule has 0 aromatic heterocycles. The number of halogens is 4. The standard InChI is InChI=1S/C16H12ClF3N2O2/c17-11-7-5-10(6-8-11)9-21-14(23)15(24)22-13-4-2-1-3-12(13)16(18,19)20/h1-8H,9H2,(H,21,23)(H,22,24).